The zero-order valence-electron chi connectivity index (χ0n) is 12.0. The van der Waals surface area contributed by atoms with Gasteiger partial charge >= 0.3 is 5.97 Å². The number of piperazine rings is 1. The van der Waals surface area contributed by atoms with Crippen molar-refractivity contribution in [3.05, 3.63) is 30.0 Å². The van der Waals surface area contributed by atoms with Crippen LogP contribution in [-0.2, 0) is 4.74 Å². The summed E-state index contributed by atoms with van der Waals surface area (Å²) in [6.07, 6.45) is 1.71. The molecule has 2 aromatic rings. The minimum atomic E-state index is -0.332. The predicted octanol–water partition coefficient (Wildman–Crippen LogP) is 1.22. The molecule has 2 heterocycles. The second kappa shape index (κ2) is 6.05. The Hall–Kier alpha value is -2.21. The Labute approximate surface area is 123 Å². The Morgan fingerprint density at radius 3 is 2.95 bits per heavy atom. The van der Waals surface area contributed by atoms with E-state index in [0.717, 1.165) is 37.1 Å². The second-order valence-corrected chi connectivity index (χ2v) is 4.87. The van der Waals surface area contributed by atoms with Crippen LogP contribution >= 0.6 is 0 Å². The molecule has 0 aliphatic carbocycles. The molecule has 6 nitrogen and oxygen atoms in total. The highest BCUT2D eigenvalue weighted by molar-refractivity contribution is 6.03. The average Bonchev–Trinajstić information content (AvgIpc) is 2.55. The van der Waals surface area contributed by atoms with Gasteiger partial charge in [-0.2, -0.15) is 0 Å². The van der Waals surface area contributed by atoms with Gasteiger partial charge in [0.25, 0.3) is 0 Å². The minimum Gasteiger partial charge on any atom is -0.462 e. The van der Waals surface area contributed by atoms with Crippen molar-refractivity contribution in [3.8, 4) is 0 Å². The van der Waals surface area contributed by atoms with E-state index in [9.17, 15) is 4.79 Å². The lowest BCUT2D eigenvalue weighted by atomic mass is 10.1. The fraction of sp³-hybridized carbons (Fsp3) is 0.400. The van der Waals surface area contributed by atoms with Gasteiger partial charge in [0.1, 0.15) is 0 Å². The quantitative estimate of drug-likeness (QED) is 0.856. The van der Waals surface area contributed by atoms with Crippen molar-refractivity contribution in [2.45, 2.75) is 6.92 Å². The normalized spacial score (nSPS) is 15.2. The van der Waals surface area contributed by atoms with Crippen LogP contribution in [0.1, 0.15) is 17.3 Å². The van der Waals surface area contributed by atoms with Crippen LogP contribution in [0.2, 0.25) is 0 Å². The molecule has 0 spiro atoms. The van der Waals surface area contributed by atoms with Crippen molar-refractivity contribution in [2.75, 3.05) is 37.7 Å². The highest BCUT2D eigenvalue weighted by atomic mass is 16.5. The first kappa shape index (κ1) is 13.8. The number of benzene rings is 1. The van der Waals surface area contributed by atoms with E-state index in [1.165, 1.54) is 0 Å². The predicted molar refractivity (Wildman–Crippen MR) is 80.6 cm³/mol. The third-order valence-corrected chi connectivity index (χ3v) is 3.51. The van der Waals surface area contributed by atoms with Gasteiger partial charge in [-0.3, -0.25) is 0 Å². The van der Waals surface area contributed by atoms with Gasteiger partial charge in [0.2, 0.25) is 5.95 Å². The van der Waals surface area contributed by atoms with Gasteiger partial charge < -0.3 is 15.0 Å². The first-order valence-corrected chi connectivity index (χ1v) is 7.18. The molecule has 3 rings (SSSR count). The summed E-state index contributed by atoms with van der Waals surface area (Å²) in [5.74, 6) is 0.381. The van der Waals surface area contributed by atoms with E-state index >= 15 is 0 Å². The number of carbonyl (C=O) groups is 1. The number of aromatic nitrogens is 2. The molecule has 0 unspecified atom stereocenters. The third kappa shape index (κ3) is 2.80. The van der Waals surface area contributed by atoms with E-state index in [1.807, 2.05) is 12.1 Å². The zero-order chi connectivity index (χ0) is 14.7. The second-order valence-electron chi connectivity index (χ2n) is 4.87. The van der Waals surface area contributed by atoms with Crippen LogP contribution in [-0.4, -0.2) is 48.7 Å². The lowest BCUT2D eigenvalue weighted by Gasteiger charge is -2.27. The van der Waals surface area contributed by atoms with Gasteiger partial charge in [0.15, 0.2) is 0 Å². The van der Waals surface area contributed by atoms with Crippen molar-refractivity contribution in [3.63, 3.8) is 0 Å². The molecule has 21 heavy (non-hydrogen) atoms. The molecule has 0 bridgehead atoms. The zero-order valence-corrected chi connectivity index (χ0v) is 12.0. The number of ether oxygens (including phenoxy) is 1. The number of hydrogen-bond donors (Lipinski definition) is 1. The summed E-state index contributed by atoms with van der Waals surface area (Å²) in [6.45, 7) is 5.80. The number of anilines is 1. The largest absolute Gasteiger partial charge is 0.462 e. The summed E-state index contributed by atoms with van der Waals surface area (Å²) < 4.78 is 5.07. The maximum Gasteiger partial charge on any atom is 0.338 e. The number of fused-ring (bicyclic) bond motifs is 1. The molecule has 0 radical (unpaired) electrons. The topological polar surface area (TPSA) is 67.3 Å². The van der Waals surface area contributed by atoms with Gasteiger partial charge in [-0.1, -0.05) is 6.07 Å². The highest BCUT2D eigenvalue weighted by Gasteiger charge is 2.16. The van der Waals surface area contributed by atoms with Gasteiger partial charge in [0.05, 0.1) is 17.7 Å². The smallest absolute Gasteiger partial charge is 0.338 e. The van der Waals surface area contributed by atoms with Crippen LogP contribution in [0.15, 0.2) is 24.4 Å². The summed E-state index contributed by atoms with van der Waals surface area (Å²) in [6, 6.07) is 5.46. The number of nitrogens with zero attached hydrogens (tertiary/aromatic N) is 3. The van der Waals surface area contributed by atoms with Gasteiger partial charge in [-0.05, 0) is 19.1 Å². The number of carbonyl (C=O) groups excluding carboxylic acids is 1. The lowest BCUT2D eigenvalue weighted by molar-refractivity contribution is 0.0528. The van der Waals surface area contributed by atoms with Crippen molar-refractivity contribution >= 4 is 22.8 Å². The standard InChI is InChI=1S/C15H18N4O2/c1-2-21-14(20)11-4-3-5-13-12(11)10-17-15(18-13)19-8-6-16-7-9-19/h3-5,10,16H,2,6-9H2,1H3. The highest BCUT2D eigenvalue weighted by Crippen LogP contribution is 2.20. The molecule has 1 aliphatic rings. The molecule has 1 saturated heterocycles. The Kier molecular flexibility index (Phi) is 3.96. The number of hydrogen-bond acceptors (Lipinski definition) is 6. The molecular weight excluding hydrogens is 268 g/mol. The maximum absolute atomic E-state index is 11.9. The molecule has 1 aliphatic heterocycles. The van der Waals surface area contributed by atoms with E-state index in [0.29, 0.717) is 18.1 Å². The summed E-state index contributed by atoms with van der Waals surface area (Å²) >= 11 is 0. The first-order chi connectivity index (χ1) is 10.3. The number of rotatable bonds is 3. The summed E-state index contributed by atoms with van der Waals surface area (Å²) in [4.78, 5) is 23.1. The fourth-order valence-corrected chi connectivity index (χ4v) is 2.45. The Morgan fingerprint density at radius 1 is 1.38 bits per heavy atom. The monoisotopic (exact) mass is 286 g/mol. The van der Waals surface area contributed by atoms with Crippen LogP contribution in [0.25, 0.3) is 10.9 Å². The molecule has 1 aromatic carbocycles. The summed E-state index contributed by atoms with van der Waals surface area (Å²) in [5.41, 5.74) is 1.28. The van der Waals surface area contributed by atoms with Crippen LogP contribution in [0.5, 0.6) is 0 Å². The van der Waals surface area contributed by atoms with Gasteiger partial charge in [-0.15, -0.1) is 0 Å². The number of nitrogens with one attached hydrogen (secondary N) is 1. The number of esters is 1. The Balaban J connectivity index is 1.97. The average molecular weight is 286 g/mol. The molecule has 1 N–H and O–H groups in total. The minimum absolute atomic E-state index is 0.332. The molecule has 0 amide bonds. The van der Waals surface area contributed by atoms with Crippen LogP contribution in [0, 0.1) is 0 Å². The van der Waals surface area contributed by atoms with Crippen molar-refractivity contribution in [1.82, 2.24) is 15.3 Å². The Bertz CT molecular complexity index is 653. The molecule has 0 atom stereocenters. The van der Waals surface area contributed by atoms with E-state index in [-0.39, 0.29) is 5.97 Å². The molecular formula is C15H18N4O2. The molecule has 1 aromatic heterocycles. The molecule has 0 saturated carbocycles. The summed E-state index contributed by atoms with van der Waals surface area (Å²) in [7, 11) is 0. The van der Waals surface area contributed by atoms with E-state index in [4.69, 9.17) is 4.74 Å². The van der Waals surface area contributed by atoms with Crippen LogP contribution in [0.3, 0.4) is 0 Å². The lowest BCUT2D eigenvalue weighted by Crippen LogP contribution is -2.44. The Morgan fingerprint density at radius 2 is 2.19 bits per heavy atom. The van der Waals surface area contributed by atoms with E-state index in [1.54, 1.807) is 19.2 Å². The van der Waals surface area contributed by atoms with Crippen molar-refractivity contribution < 1.29 is 9.53 Å². The van der Waals surface area contributed by atoms with E-state index in [2.05, 4.69) is 20.2 Å². The molecule has 6 heteroatoms. The van der Waals surface area contributed by atoms with Crippen LogP contribution in [0.4, 0.5) is 5.95 Å². The molecule has 110 valence electrons. The SMILES string of the molecule is CCOC(=O)c1cccc2nc(N3CCNCC3)ncc12. The van der Waals surface area contributed by atoms with Gasteiger partial charge in [-0.25, -0.2) is 14.8 Å². The third-order valence-electron chi connectivity index (χ3n) is 3.51. The van der Waals surface area contributed by atoms with E-state index < -0.39 is 0 Å². The molecule has 1 fully saturated rings. The fourth-order valence-electron chi connectivity index (χ4n) is 2.45. The first-order valence-electron chi connectivity index (χ1n) is 7.18. The summed E-state index contributed by atoms with van der Waals surface area (Å²) in [5, 5.41) is 4.03. The maximum atomic E-state index is 11.9. The van der Waals surface area contributed by atoms with Crippen molar-refractivity contribution in [2.24, 2.45) is 0 Å². The van der Waals surface area contributed by atoms with Crippen LogP contribution < -0.4 is 10.2 Å². The van der Waals surface area contributed by atoms with Gasteiger partial charge in [0, 0.05) is 37.8 Å². The van der Waals surface area contributed by atoms with Crippen molar-refractivity contribution in [1.29, 1.82) is 0 Å².